The van der Waals surface area contributed by atoms with Gasteiger partial charge in [-0.3, -0.25) is 4.31 Å². The summed E-state index contributed by atoms with van der Waals surface area (Å²) >= 11 is 0. The molecule has 0 unspecified atom stereocenters. The Balaban J connectivity index is 2.71. The van der Waals surface area contributed by atoms with Gasteiger partial charge >= 0.3 is 0 Å². The van der Waals surface area contributed by atoms with Gasteiger partial charge in [0, 0.05) is 12.4 Å². The normalized spacial score (nSPS) is 10.8. The SMILES string of the molecule is CN(c1cccc2ccccc12)[SH](=O)=O. The number of thiol groups is 1. The lowest BCUT2D eigenvalue weighted by Crippen LogP contribution is -2.14. The molecule has 0 saturated heterocycles. The molecule has 2 aromatic carbocycles. The first-order valence-electron chi connectivity index (χ1n) is 4.56. The van der Waals surface area contributed by atoms with Gasteiger partial charge in [0.1, 0.15) is 0 Å². The molecule has 4 heteroatoms. The molecule has 0 N–H and O–H groups in total. The molecule has 0 atom stereocenters. The van der Waals surface area contributed by atoms with E-state index in [0.717, 1.165) is 10.8 Å². The highest BCUT2D eigenvalue weighted by atomic mass is 32.2. The van der Waals surface area contributed by atoms with Crippen LogP contribution in [-0.4, -0.2) is 15.5 Å². The van der Waals surface area contributed by atoms with Gasteiger partial charge < -0.3 is 0 Å². The van der Waals surface area contributed by atoms with Crippen molar-refractivity contribution < 1.29 is 8.42 Å². The summed E-state index contributed by atoms with van der Waals surface area (Å²) in [6.45, 7) is 0. The Morgan fingerprint density at radius 3 is 2.40 bits per heavy atom. The Kier molecular flexibility index (Phi) is 2.60. The molecule has 2 aromatic rings. The minimum atomic E-state index is -2.58. The fraction of sp³-hybridized carbons (Fsp3) is 0.0909. The van der Waals surface area contributed by atoms with Gasteiger partial charge in [0.15, 0.2) is 0 Å². The maximum absolute atomic E-state index is 10.9. The van der Waals surface area contributed by atoms with Crippen LogP contribution in [0.5, 0.6) is 0 Å². The van der Waals surface area contributed by atoms with E-state index in [1.807, 2.05) is 36.4 Å². The Morgan fingerprint density at radius 1 is 1.00 bits per heavy atom. The third-order valence-electron chi connectivity index (χ3n) is 2.36. The standard InChI is InChI=1S/C11H11NO2S/c1-12(15(13)14)11-8-4-6-9-5-2-3-7-10(9)11/h2-8,15H,1H3. The lowest BCUT2D eigenvalue weighted by atomic mass is 10.1. The van der Waals surface area contributed by atoms with Crippen molar-refractivity contribution in [1.82, 2.24) is 0 Å². The van der Waals surface area contributed by atoms with Crippen LogP contribution < -0.4 is 4.31 Å². The van der Waals surface area contributed by atoms with Crippen LogP contribution >= 0.6 is 0 Å². The van der Waals surface area contributed by atoms with Crippen LogP contribution in [-0.2, 0) is 10.9 Å². The predicted octanol–water partition coefficient (Wildman–Crippen LogP) is 1.80. The molecular formula is C11H11NO2S. The number of nitrogens with zero attached hydrogens (tertiary/aromatic N) is 1. The highest BCUT2D eigenvalue weighted by molar-refractivity contribution is 7.74. The van der Waals surface area contributed by atoms with Gasteiger partial charge in [0.2, 0.25) is 10.9 Å². The molecule has 0 aliphatic carbocycles. The minimum absolute atomic E-state index is 0.712. The van der Waals surface area contributed by atoms with E-state index in [1.54, 1.807) is 13.1 Å². The Labute approximate surface area is 90.0 Å². The highest BCUT2D eigenvalue weighted by Gasteiger charge is 2.05. The Bertz CT molecular complexity index is 550. The number of anilines is 1. The second-order valence-corrected chi connectivity index (χ2v) is 4.34. The van der Waals surface area contributed by atoms with Crippen LogP contribution in [0.1, 0.15) is 0 Å². The quantitative estimate of drug-likeness (QED) is 0.785. The molecule has 2 rings (SSSR count). The van der Waals surface area contributed by atoms with Crippen molar-refractivity contribution in [2.24, 2.45) is 0 Å². The summed E-state index contributed by atoms with van der Waals surface area (Å²) in [5.74, 6) is 0. The molecule has 0 saturated carbocycles. The van der Waals surface area contributed by atoms with Crippen LogP contribution in [0.2, 0.25) is 0 Å². The highest BCUT2D eigenvalue weighted by Crippen LogP contribution is 2.25. The van der Waals surface area contributed by atoms with Gasteiger partial charge in [-0.05, 0) is 11.5 Å². The van der Waals surface area contributed by atoms with E-state index in [4.69, 9.17) is 0 Å². The van der Waals surface area contributed by atoms with Gasteiger partial charge in [-0.1, -0.05) is 36.4 Å². The van der Waals surface area contributed by atoms with Crippen molar-refractivity contribution in [3.63, 3.8) is 0 Å². The third-order valence-corrected chi connectivity index (χ3v) is 3.07. The zero-order chi connectivity index (χ0) is 10.8. The fourth-order valence-corrected chi connectivity index (χ4v) is 1.93. The summed E-state index contributed by atoms with van der Waals surface area (Å²) in [6.07, 6.45) is 0. The number of fused-ring (bicyclic) bond motifs is 1. The first-order valence-corrected chi connectivity index (χ1v) is 5.69. The summed E-state index contributed by atoms with van der Waals surface area (Å²) in [5, 5.41) is 1.99. The number of benzene rings is 2. The van der Waals surface area contributed by atoms with E-state index < -0.39 is 10.9 Å². The van der Waals surface area contributed by atoms with Crippen LogP contribution in [0.4, 0.5) is 5.69 Å². The minimum Gasteiger partial charge on any atom is -0.275 e. The lowest BCUT2D eigenvalue weighted by Gasteiger charge is -2.13. The molecule has 0 radical (unpaired) electrons. The predicted molar refractivity (Wildman–Crippen MR) is 62.7 cm³/mol. The van der Waals surface area contributed by atoms with E-state index in [1.165, 1.54) is 4.31 Å². The smallest absolute Gasteiger partial charge is 0.224 e. The monoisotopic (exact) mass is 221 g/mol. The van der Waals surface area contributed by atoms with Crippen LogP contribution in [0.15, 0.2) is 42.5 Å². The molecule has 0 aliphatic heterocycles. The van der Waals surface area contributed by atoms with Crippen LogP contribution in [0.25, 0.3) is 10.8 Å². The van der Waals surface area contributed by atoms with Gasteiger partial charge in [-0.15, -0.1) is 0 Å². The van der Waals surface area contributed by atoms with Crippen molar-refractivity contribution in [3.05, 3.63) is 42.5 Å². The molecule has 0 amide bonds. The van der Waals surface area contributed by atoms with Crippen molar-refractivity contribution in [2.75, 3.05) is 11.4 Å². The first kappa shape index (κ1) is 9.98. The fourth-order valence-electron chi connectivity index (χ4n) is 1.58. The van der Waals surface area contributed by atoms with E-state index >= 15 is 0 Å². The maximum atomic E-state index is 10.9. The summed E-state index contributed by atoms with van der Waals surface area (Å²) < 4.78 is 23.1. The van der Waals surface area contributed by atoms with Gasteiger partial charge in [-0.2, -0.15) is 0 Å². The van der Waals surface area contributed by atoms with E-state index in [2.05, 4.69) is 0 Å². The zero-order valence-electron chi connectivity index (χ0n) is 8.25. The Morgan fingerprint density at radius 2 is 1.67 bits per heavy atom. The van der Waals surface area contributed by atoms with Crippen LogP contribution in [0, 0.1) is 0 Å². The molecule has 0 bridgehead atoms. The van der Waals surface area contributed by atoms with Crippen molar-refractivity contribution >= 4 is 27.4 Å². The van der Waals surface area contributed by atoms with Crippen molar-refractivity contribution in [2.45, 2.75) is 0 Å². The molecule has 0 aromatic heterocycles. The third kappa shape index (κ3) is 1.80. The summed E-state index contributed by atoms with van der Waals surface area (Å²) in [6, 6.07) is 13.3. The summed E-state index contributed by atoms with van der Waals surface area (Å²) in [5.41, 5.74) is 0.712. The molecule has 3 nitrogen and oxygen atoms in total. The molecular weight excluding hydrogens is 210 g/mol. The molecule has 0 heterocycles. The Hall–Kier alpha value is -1.55. The molecule has 78 valence electrons. The molecule has 0 spiro atoms. The van der Waals surface area contributed by atoms with E-state index in [9.17, 15) is 8.42 Å². The van der Waals surface area contributed by atoms with Gasteiger partial charge in [-0.25, -0.2) is 8.42 Å². The summed E-state index contributed by atoms with van der Waals surface area (Å²) in [7, 11) is -1.03. The topological polar surface area (TPSA) is 37.4 Å². The molecule has 0 aliphatic rings. The molecule has 15 heavy (non-hydrogen) atoms. The van der Waals surface area contributed by atoms with Crippen molar-refractivity contribution in [1.29, 1.82) is 0 Å². The van der Waals surface area contributed by atoms with Gasteiger partial charge in [0.25, 0.3) is 0 Å². The molecule has 0 fully saturated rings. The second kappa shape index (κ2) is 3.90. The average molecular weight is 221 g/mol. The van der Waals surface area contributed by atoms with Crippen molar-refractivity contribution in [3.8, 4) is 0 Å². The lowest BCUT2D eigenvalue weighted by molar-refractivity contribution is 0.613. The second-order valence-electron chi connectivity index (χ2n) is 3.26. The maximum Gasteiger partial charge on any atom is 0.224 e. The van der Waals surface area contributed by atoms with Gasteiger partial charge in [0.05, 0.1) is 5.69 Å². The average Bonchev–Trinajstić information content (AvgIpc) is 2.27. The van der Waals surface area contributed by atoms with E-state index in [0.29, 0.717) is 5.69 Å². The number of hydrogen-bond acceptors (Lipinski definition) is 2. The van der Waals surface area contributed by atoms with Crippen LogP contribution in [0.3, 0.4) is 0 Å². The number of rotatable bonds is 2. The van der Waals surface area contributed by atoms with E-state index in [-0.39, 0.29) is 0 Å². The largest absolute Gasteiger partial charge is 0.275 e. The summed E-state index contributed by atoms with van der Waals surface area (Å²) in [4.78, 5) is 0. The zero-order valence-corrected chi connectivity index (χ0v) is 9.15. The number of hydrogen-bond donors (Lipinski definition) is 1. The first-order chi connectivity index (χ1) is 7.20.